The smallest absolute Gasteiger partial charge is 0.0690 e. The van der Waals surface area contributed by atoms with Crippen LogP contribution in [0.1, 0.15) is 12.8 Å². The summed E-state index contributed by atoms with van der Waals surface area (Å²) in [6.45, 7) is 1.94. The number of aliphatic hydroxyl groups excluding tert-OH is 1. The van der Waals surface area contributed by atoms with Gasteiger partial charge in [-0.05, 0) is 18.9 Å². The molecular weight excluding hydrogens is 126 g/mol. The summed E-state index contributed by atoms with van der Waals surface area (Å²) in [5, 5.41) is 12.5. The quantitative estimate of drug-likeness (QED) is 0.527. The van der Waals surface area contributed by atoms with Gasteiger partial charge in [-0.1, -0.05) is 0 Å². The Kier molecular flexibility index (Phi) is 2.73. The molecule has 0 amide bonds. The normalized spacial score (nSPS) is 27.8. The van der Waals surface area contributed by atoms with Gasteiger partial charge in [0.1, 0.15) is 0 Å². The van der Waals surface area contributed by atoms with Crippen LogP contribution in [-0.4, -0.2) is 24.3 Å². The van der Waals surface area contributed by atoms with Gasteiger partial charge < -0.3 is 10.4 Å². The van der Waals surface area contributed by atoms with Crippen molar-refractivity contribution in [1.29, 1.82) is 0 Å². The SMILES string of the molecule is C#CCC(O)[C@@H]1CCNC1. The third kappa shape index (κ3) is 1.73. The molecule has 1 heterocycles. The molecule has 2 atom stereocenters. The molecule has 2 heteroatoms. The summed E-state index contributed by atoms with van der Waals surface area (Å²) >= 11 is 0. The Morgan fingerprint density at radius 2 is 2.60 bits per heavy atom. The first-order valence-electron chi connectivity index (χ1n) is 3.67. The van der Waals surface area contributed by atoms with Crippen LogP contribution in [0.4, 0.5) is 0 Å². The Morgan fingerprint density at radius 1 is 1.80 bits per heavy atom. The van der Waals surface area contributed by atoms with Crippen LogP contribution < -0.4 is 5.32 Å². The van der Waals surface area contributed by atoms with Crippen molar-refractivity contribution in [3.05, 3.63) is 0 Å². The van der Waals surface area contributed by atoms with Crippen molar-refractivity contribution in [2.24, 2.45) is 5.92 Å². The molecule has 0 aromatic rings. The highest BCUT2D eigenvalue weighted by molar-refractivity contribution is 4.90. The lowest BCUT2D eigenvalue weighted by Gasteiger charge is -2.13. The molecule has 1 fully saturated rings. The molecule has 1 aliphatic heterocycles. The lowest BCUT2D eigenvalue weighted by Crippen LogP contribution is -2.21. The second kappa shape index (κ2) is 3.60. The van der Waals surface area contributed by atoms with Crippen molar-refractivity contribution in [3.8, 4) is 12.3 Å². The summed E-state index contributed by atoms with van der Waals surface area (Å²) < 4.78 is 0. The van der Waals surface area contributed by atoms with Crippen LogP contribution >= 0.6 is 0 Å². The molecule has 0 saturated carbocycles. The van der Waals surface area contributed by atoms with E-state index in [1.165, 1.54) is 0 Å². The van der Waals surface area contributed by atoms with E-state index in [4.69, 9.17) is 6.42 Å². The number of aliphatic hydroxyl groups is 1. The third-order valence-electron chi connectivity index (χ3n) is 1.97. The van der Waals surface area contributed by atoms with Crippen LogP contribution in [0.3, 0.4) is 0 Å². The minimum Gasteiger partial charge on any atom is -0.392 e. The summed E-state index contributed by atoms with van der Waals surface area (Å²) in [6.07, 6.45) is 6.33. The summed E-state index contributed by atoms with van der Waals surface area (Å²) in [6, 6.07) is 0. The van der Waals surface area contributed by atoms with E-state index in [1.807, 2.05) is 0 Å². The maximum Gasteiger partial charge on any atom is 0.0690 e. The molecule has 1 rings (SSSR count). The van der Waals surface area contributed by atoms with Crippen molar-refractivity contribution in [3.63, 3.8) is 0 Å². The summed E-state index contributed by atoms with van der Waals surface area (Å²) in [5.74, 6) is 2.85. The van der Waals surface area contributed by atoms with Crippen molar-refractivity contribution < 1.29 is 5.11 Å². The molecular formula is C8H13NO. The van der Waals surface area contributed by atoms with Gasteiger partial charge in [0.2, 0.25) is 0 Å². The maximum absolute atomic E-state index is 9.37. The van der Waals surface area contributed by atoms with E-state index in [9.17, 15) is 5.11 Å². The topological polar surface area (TPSA) is 32.3 Å². The Morgan fingerprint density at radius 3 is 3.10 bits per heavy atom. The molecule has 1 unspecified atom stereocenters. The van der Waals surface area contributed by atoms with Crippen LogP contribution in [-0.2, 0) is 0 Å². The molecule has 0 radical (unpaired) electrons. The average Bonchev–Trinajstić information content (AvgIpc) is 2.38. The predicted octanol–water partition coefficient (Wildman–Crippen LogP) is -0.0199. The zero-order chi connectivity index (χ0) is 7.40. The number of hydrogen-bond acceptors (Lipinski definition) is 2. The number of terminal acetylenes is 1. The Balaban J connectivity index is 2.26. The van der Waals surface area contributed by atoms with Gasteiger partial charge in [-0.15, -0.1) is 12.3 Å². The van der Waals surface area contributed by atoms with Crippen molar-refractivity contribution >= 4 is 0 Å². The lowest BCUT2D eigenvalue weighted by molar-refractivity contribution is 0.122. The first-order valence-corrected chi connectivity index (χ1v) is 3.67. The molecule has 2 nitrogen and oxygen atoms in total. The van der Waals surface area contributed by atoms with Gasteiger partial charge in [0.15, 0.2) is 0 Å². The highest BCUT2D eigenvalue weighted by Gasteiger charge is 2.21. The van der Waals surface area contributed by atoms with Crippen LogP contribution in [0, 0.1) is 18.3 Å². The first kappa shape index (κ1) is 7.59. The largest absolute Gasteiger partial charge is 0.392 e. The van der Waals surface area contributed by atoms with E-state index in [2.05, 4.69) is 11.2 Å². The molecule has 0 spiro atoms. The van der Waals surface area contributed by atoms with E-state index >= 15 is 0 Å². The molecule has 10 heavy (non-hydrogen) atoms. The average molecular weight is 139 g/mol. The van der Waals surface area contributed by atoms with Gasteiger partial charge in [0.05, 0.1) is 6.10 Å². The maximum atomic E-state index is 9.37. The summed E-state index contributed by atoms with van der Waals surface area (Å²) in [5.41, 5.74) is 0. The highest BCUT2D eigenvalue weighted by Crippen LogP contribution is 2.14. The molecule has 0 aromatic heterocycles. The van der Waals surface area contributed by atoms with Gasteiger partial charge in [-0.2, -0.15) is 0 Å². The van der Waals surface area contributed by atoms with Crippen LogP contribution in [0.15, 0.2) is 0 Å². The van der Waals surface area contributed by atoms with Gasteiger partial charge in [-0.3, -0.25) is 0 Å². The van der Waals surface area contributed by atoms with Gasteiger partial charge >= 0.3 is 0 Å². The fourth-order valence-corrected chi connectivity index (χ4v) is 1.29. The van der Waals surface area contributed by atoms with E-state index in [0.717, 1.165) is 19.5 Å². The zero-order valence-electron chi connectivity index (χ0n) is 6.01. The molecule has 56 valence electrons. The molecule has 0 aliphatic carbocycles. The van der Waals surface area contributed by atoms with Crippen molar-refractivity contribution in [2.45, 2.75) is 18.9 Å². The van der Waals surface area contributed by atoms with E-state index in [0.29, 0.717) is 12.3 Å². The first-order chi connectivity index (χ1) is 4.84. The van der Waals surface area contributed by atoms with E-state index in [1.54, 1.807) is 0 Å². The van der Waals surface area contributed by atoms with E-state index < -0.39 is 0 Å². The lowest BCUT2D eigenvalue weighted by atomic mass is 10.00. The van der Waals surface area contributed by atoms with Crippen LogP contribution in [0.2, 0.25) is 0 Å². The summed E-state index contributed by atoms with van der Waals surface area (Å²) in [4.78, 5) is 0. The fraction of sp³-hybridized carbons (Fsp3) is 0.750. The number of nitrogens with one attached hydrogen (secondary N) is 1. The molecule has 2 N–H and O–H groups in total. The van der Waals surface area contributed by atoms with Crippen molar-refractivity contribution in [2.75, 3.05) is 13.1 Å². The van der Waals surface area contributed by atoms with E-state index in [-0.39, 0.29) is 6.10 Å². The Hall–Kier alpha value is -0.520. The molecule has 0 aromatic carbocycles. The number of rotatable bonds is 2. The monoisotopic (exact) mass is 139 g/mol. The second-order valence-electron chi connectivity index (χ2n) is 2.73. The van der Waals surface area contributed by atoms with Crippen molar-refractivity contribution in [1.82, 2.24) is 5.32 Å². The van der Waals surface area contributed by atoms with Crippen LogP contribution in [0.25, 0.3) is 0 Å². The molecule has 1 aliphatic rings. The molecule has 1 saturated heterocycles. The molecule has 0 bridgehead atoms. The zero-order valence-corrected chi connectivity index (χ0v) is 6.01. The third-order valence-corrected chi connectivity index (χ3v) is 1.97. The summed E-state index contributed by atoms with van der Waals surface area (Å²) in [7, 11) is 0. The van der Waals surface area contributed by atoms with Gasteiger partial charge in [-0.25, -0.2) is 0 Å². The Labute approximate surface area is 61.6 Å². The minimum atomic E-state index is -0.292. The van der Waals surface area contributed by atoms with Gasteiger partial charge in [0, 0.05) is 13.0 Å². The second-order valence-corrected chi connectivity index (χ2v) is 2.73. The number of hydrogen-bond donors (Lipinski definition) is 2. The van der Waals surface area contributed by atoms with Gasteiger partial charge in [0.25, 0.3) is 0 Å². The van der Waals surface area contributed by atoms with Crippen LogP contribution in [0.5, 0.6) is 0 Å². The minimum absolute atomic E-state index is 0.292. The fourth-order valence-electron chi connectivity index (χ4n) is 1.29. The highest BCUT2D eigenvalue weighted by atomic mass is 16.3. The predicted molar refractivity (Wildman–Crippen MR) is 40.4 cm³/mol. The standard InChI is InChI=1S/C8H13NO/c1-2-3-8(10)7-4-5-9-6-7/h1,7-10H,3-6H2/t7-,8?/m1/s1. The Bertz CT molecular complexity index is 133.